The third kappa shape index (κ3) is 5.06. The second kappa shape index (κ2) is 8.44. The molecule has 0 aromatic heterocycles. The number of hydrogen-bond donors (Lipinski definition) is 1. The van der Waals surface area contributed by atoms with E-state index in [2.05, 4.69) is 5.32 Å². The Labute approximate surface area is 142 Å². The number of hydrogen-bond acceptors (Lipinski definition) is 4. The molecule has 1 N–H and O–H groups in total. The number of rotatable bonds is 6. The SMILES string of the molecule is CCOC(=O)c1ccc(NC(=O)CSc2ccc(F)c(F)c2)cc1. The van der Waals surface area contributed by atoms with Crippen LogP contribution in [-0.4, -0.2) is 24.2 Å². The molecule has 4 nitrogen and oxygen atoms in total. The summed E-state index contributed by atoms with van der Waals surface area (Å²) in [7, 11) is 0. The molecule has 126 valence electrons. The molecule has 0 aliphatic carbocycles. The van der Waals surface area contributed by atoms with Crippen molar-refractivity contribution in [1.82, 2.24) is 0 Å². The first-order valence-electron chi connectivity index (χ1n) is 7.14. The lowest BCUT2D eigenvalue weighted by Crippen LogP contribution is -2.14. The molecule has 7 heteroatoms. The van der Waals surface area contributed by atoms with E-state index in [-0.39, 0.29) is 11.7 Å². The van der Waals surface area contributed by atoms with Crippen molar-refractivity contribution < 1.29 is 23.1 Å². The van der Waals surface area contributed by atoms with Crippen LogP contribution in [0.25, 0.3) is 0 Å². The largest absolute Gasteiger partial charge is 0.462 e. The Morgan fingerprint density at radius 2 is 1.79 bits per heavy atom. The van der Waals surface area contributed by atoms with Gasteiger partial charge in [-0.15, -0.1) is 11.8 Å². The van der Waals surface area contributed by atoms with Crippen LogP contribution in [0.4, 0.5) is 14.5 Å². The van der Waals surface area contributed by atoms with Crippen LogP contribution in [0.5, 0.6) is 0 Å². The number of amides is 1. The van der Waals surface area contributed by atoms with E-state index in [0.29, 0.717) is 22.8 Å². The van der Waals surface area contributed by atoms with Crippen molar-refractivity contribution in [2.45, 2.75) is 11.8 Å². The molecule has 0 radical (unpaired) electrons. The average Bonchev–Trinajstić information content (AvgIpc) is 2.57. The van der Waals surface area contributed by atoms with Gasteiger partial charge in [0.15, 0.2) is 11.6 Å². The van der Waals surface area contributed by atoms with E-state index in [1.165, 1.54) is 6.07 Å². The van der Waals surface area contributed by atoms with Gasteiger partial charge in [-0.25, -0.2) is 13.6 Å². The van der Waals surface area contributed by atoms with Crippen LogP contribution in [0.15, 0.2) is 47.4 Å². The van der Waals surface area contributed by atoms with Crippen molar-refractivity contribution >= 4 is 29.3 Å². The van der Waals surface area contributed by atoms with Gasteiger partial charge in [0, 0.05) is 10.6 Å². The summed E-state index contributed by atoms with van der Waals surface area (Å²) in [4.78, 5) is 23.8. The Hall–Kier alpha value is -2.41. The Kier molecular flexibility index (Phi) is 6.31. The number of anilines is 1. The second-order valence-electron chi connectivity index (χ2n) is 4.71. The predicted octanol–water partition coefficient (Wildman–Crippen LogP) is 3.87. The van der Waals surface area contributed by atoms with Crippen LogP contribution in [0.2, 0.25) is 0 Å². The number of benzene rings is 2. The maximum Gasteiger partial charge on any atom is 0.338 e. The van der Waals surface area contributed by atoms with E-state index < -0.39 is 17.6 Å². The monoisotopic (exact) mass is 351 g/mol. The molecule has 0 saturated heterocycles. The molecule has 0 fully saturated rings. The average molecular weight is 351 g/mol. The van der Waals surface area contributed by atoms with Crippen LogP contribution in [0.1, 0.15) is 17.3 Å². The van der Waals surface area contributed by atoms with Gasteiger partial charge in [0.25, 0.3) is 0 Å². The third-order valence-corrected chi connectivity index (χ3v) is 3.93. The molecule has 0 unspecified atom stereocenters. The van der Waals surface area contributed by atoms with E-state index in [4.69, 9.17) is 4.74 Å². The Morgan fingerprint density at radius 1 is 1.08 bits per heavy atom. The highest BCUT2D eigenvalue weighted by Crippen LogP contribution is 2.20. The lowest BCUT2D eigenvalue weighted by molar-refractivity contribution is -0.113. The van der Waals surface area contributed by atoms with E-state index in [1.54, 1.807) is 31.2 Å². The smallest absolute Gasteiger partial charge is 0.338 e. The highest BCUT2D eigenvalue weighted by Gasteiger charge is 2.09. The first kappa shape index (κ1) is 17.9. The molecule has 0 spiro atoms. The quantitative estimate of drug-likeness (QED) is 0.634. The molecule has 0 aliphatic heterocycles. The van der Waals surface area contributed by atoms with Gasteiger partial charge in [0.1, 0.15) is 0 Å². The highest BCUT2D eigenvalue weighted by molar-refractivity contribution is 8.00. The number of ether oxygens (including phenoxy) is 1. The van der Waals surface area contributed by atoms with Crippen LogP contribution < -0.4 is 5.32 Å². The molecule has 0 bridgehead atoms. The Bertz CT molecular complexity index is 735. The summed E-state index contributed by atoms with van der Waals surface area (Å²) in [5.74, 6) is -2.55. The number of halogens is 2. The summed E-state index contributed by atoms with van der Waals surface area (Å²) < 4.78 is 30.8. The lowest BCUT2D eigenvalue weighted by Gasteiger charge is -2.07. The molecule has 2 rings (SSSR count). The number of esters is 1. The fraction of sp³-hybridized carbons (Fsp3) is 0.176. The van der Waals surface area contributed by atoms with Crippen molar-refractivity contribution in [3.05, 3.63) is 59.7 Å². The maximum absolute atomic E-state index is 13.1. The van der Waals surface area contributed by atoms with Gasteiger partial charge in [0.05, 0.1) is 17.9 Å². The number of thioether (sulfide) groups is 1. The van der Waals surface area contributed by atoms with Crippen LogP contribution in [-0.2, 0) is 9.53 Å². The molecule has 1 amide bonds. The molecule has 0 heterocycles. The third-order valence-electron chi connectivity index (χ3n) is 2.94. The zero-order chi connectivity index (χ0) is 17.5. The van der Waals surface area contributed by atoms with Gasteiger partial charge < -0.3 is 10.1 Å². The predicted molar refractivity (Wildman–Crippen MR) is 88.1 cm³/mol. The minimum Gasteiger partial charge on any atom is -0.462 e. The summed E-state index contributed by atoms with van der Waals surface area (Å²) in [6, 6.07) is 9.75. The minimum absolute atomic E-state index is 0.0463. The summed E-state index contributed by atoms with van der Waals surface area (Å²) in [6.45, 7) is 2.01. The first-order chi connectivity index (χ1) is 11.5. The van der Waals surface area contributed by atoms with E-state index in [9.17, 15) is 18.4 Å². The van der Waals surface area contributed by atoms with Gasteiger partial charge in [0.2, 0.25) is 5.91 Å². The highest BCUT2D eigenvalue weighted by atomic mass is 32.2. The molecule has 24 heavy (non-hydrogen) atoms. The number of carbonyl (C=O) groups excluding carboxylic acids is 2. The standard InChI is InChI=1S/C17H15F2NO3S/c1-2-23-17(22)11-3-5-12(6-4-11)20-16(21)10-24-13-7-8-14(18)15(19)9-13/h3-9H,2,10H2,1H3,(H,20,21). The lowest BCUT2D eigenvalue weighted by atomic mass is 10.2. The fourth-order valence-electron chi connectivity index (χ4n) is 1.82. The molecule has 2 aromatic carbocycles. The maximum atomic E-state index is 13.1. The van der Waals surface area contributed by atoms with Crippen molar-refractivity contribution in [3.8, 4) is 0 Å². The van der Waals surface area contributed by atoms with Crippen molar-refractivity contribution in [2.24, 2.45) is 0 Å². The van der Waals surface area contributed by atoms with Crippen molar-refractivity contribution in [2.75, 3.05) is 17.7 Å². The normalized spacial score (nSPS) is 10.3. The zero-order valence-electron chi connectivity index (χ0n) is 12.8. The summed E-state index contributed by atoms with van der Waals surface area (Å²) in [5.41, 5.74) is 0.921. The zero-order valence-corrected chi connectivity index (χ0v) is 13.7. The summed E-state index contributed by atoms with van der Waals surface area (Å²) >= 11 is 1.09. The summed E-state index contributed by atoms with van der Waals surface area (Å²) in [6.07, 6.45) is 0. The van der Waals surface area contributed by atoms with Crippen LogP contribution in [0.3, 0.4) is 0 Å². The van der Waals surface area contributed by atoms with E-state index >= 15 is 0 Å². The minimum atomic E-state index is -0.949. The topological polar surface area (TPSA) is 55.4 Å². The molecule has 0 atom stereocenters. The molecule has 0 aliphatic rings. The number of nitrogens with one attached hydrogen (secondary N) is 1. The van der Waals surface area contributed by atoms with E-state index in [1.807, 2.05) is 0 Å². The molecular weight excluding hydrogens is 336 g/mol. The second-order valence-corrected chi connectivity index (χ2v) is 5.76. The molecular formula is C17H15F2NO3S. The van der Waals surface area contributed by atoms with Crippen molar-refractivity contribution in [1.29, 1.82) is 0 Å². The Balaban J connectivity index is 1.87. The first-order valence-corrected chi connectivity index (χ1v) is 8.13. The number of carbonyl (C=O) groups is 2. The van der Waals surface area contributed by atoms with Gasteiger partial charge in [-0.05, 0) is 49.4 Å². The van der Waals surface area contributed by atoms with Crippen LogP contribution >= 0.6 is 11.8 Å². The van der Waals surface area contributed by atoms with Gasteiger partial charge in [-0.2, -0.15) is 0 Å². The van der Waals surface area contributed by atoms with Gasteiger partial charge >= 0.3 is 5.97 Å². The van der Waals surface area contributed by atoms with Crippen LogP contribution in [0, 0.1) is 11.6 Å². The summed E-state index contributed by atoms with van der Waals surface area (Å²) in [5, 5.41) is 2.66. The fourth-order valence-corrected chi connectivity index (χ4v) is 2.54. The van der Waals surface area contributed by atoms with Crippen molar-refractivity contribution in [3.63, 3.8) is 0 Å². The Morgan fingerprint density at radius 3 is 2.42 bits per heavy atom. The van der Waals surface area contributed by atoms with Gasteiger partial charge in [-0.3, -0.25) is 4.79 Å². The molecule has 0 saturated carbocycles. The van der Waals surface area contributed by atoms with Gasteiger partial charge in [-0.1, -0.05) is 0 Å². The van der Waals surface area contributed by atoms with E-state index in [0.717, 1.165) is 23.9 Å². The molecule has 2 aromatic rings.